The normalized spacial score (nSPS) is 17.8. The molecule has 2 rings (SSSR count). The van der Waals surface area contributed by atoms with Crippen LogP contribution < -0.4 is 10.6 Å². The van der Waals surface area contributed by atoms with Gasteiger partial charge in [-0.15, -0.1) is 0 Å². The molecule has 0 radical (unpaired) electrons. The lowest BCUT2D eigenvalue weighted by Crippen LogP contribution is -2.62. The highest BCUT2D eigenvalue weighted by Crippen LogP contribution is 2.25. The summed E-state index contributed by atoms with van der Waals surface area (Å²) in [5, 5.41) is -0.0170. The van der Waals surface area contributed by atoms with Crippen molar-refractivity contribution >= 4 is 34.3 Å². The maximum absolute atomic E-state index is 12.0. The first-order valence-electron chi connectivity index (χ1n) is 8.28. The third kappa shape index (κ3) is 4.61. The van der Waals surface area contributed by atoms with Crippen LogP contribution in [0.25, 0.3) is 0 Å². The maximum atomic E-state index is 12.0. The predicted molar refractivity (Wildman–Crippen MR) is 101 cm³/mol. The van der Waals surface area contributed by atoms with E-state index in [-0.39, 0.29) is 10.9 Å². The second kappa shape index (κ2) is 8.01. The van der Waals surface area contributed by atoms with Gasteiger partial charge in [0.1, 0.15) is 5.54 Å². The fraction of sp³-hybridized carbons (Fsp3) is 0.500. The van der Waals surface area contributed by atoms with Crippen LogP contribution in [0.1, 0.15) is 31.1 Å². The van der Waals surface area contributed by atoms with Crippen molar-refractivity contribution in [1.82, 2.24) is 4.90 Å². The van der Waals surface area contributed by atoms with Gasteiger partial charge in [0.15, 0.2) is 10.9 Å². The molecular formula is C18H25N3O3S. The number of anilines is 1. The highest BCUT2D eigenvalue weighted by molar-refractivity contribution is 8.13. The number of hydrogen-bond donors (Lipinski definition) is 1. The van der Waals surface area contributed by atoms with Crippen molar-refractivity contribution in [1.29, 1.82) is 0 Å². The number of amides is 1. The number of carbonyl (C=O) groups is 3. The van der Waals surface area contributed by atoms with E-state index in [0.29, 0.717) is 24.4 Å². The summed E-state index contributed by atoms with van der Waals surface area (Å²) in [5.74, 6) is 0.0161. The zero-order chi connectivity index (χ0) is 18.6. The van der Waals surface area contributed by atoms with Crippen LogP contribution in [-0.4, -0.2) is 59.2 Å². The molecule has 136 valence electrons. The molecule has 7 heteroatoms. The molecule has 0 aromatic heterocycles. The summed E-state index contributed by atoms with van der Waals surface area (Å²) < 4.78 is 0. The number of nitrogens with two attached hydrogens (primary N) is 1. The molecule has 0 aliphatic carbocycles. The number of hydrogen-bond acceptors (Lipinski definition) is 6. The lowest BCUT2D eigenvalue weighted by molar-refractivity contribution is -0.128. The van der Waals surface area contributed by atoms with Crippen LogP contribution in [0, 0.1) is 0 Å². The number of ketones is 1. The van der Waals surface area contributed by atoms with Crippen LogP contribution >= 0.6 is 11.8 Å². The van der Waals surface area contributed by atoms with Gasteiger partial charge in [0.05, 0.1) is 0 Å². The Morgan fingerprint density at radius 3 is 2.08 bits per heavy atom. The summed E-state index contributed by atoms with van der Waals surface area (Å²) in [5.41, 5.74) is 6.55. The average molecular weight is 363 g/mol. The van der Waals surface area contributed by atoms with Crippen LogP contribution in [0.15, 0.2) is 24.3 Å². The summed E-state index contributed by atoms with van der Waals surface area (Å²) in [6, 6.07) is 7.57. The Morgan fingerprint density at radius 2 is 1.64 bits per heavy atom. The molecule has 1 unspecified atom stereocenters. The van der Waals surface area contributed by atoms with Crippen molar-refractivity contribution in [3.05, 3.63) is 29.8 Å². The molecule has 25 heavy (non-hydrogen) atoms. The zero-order valence-electron chi connectivity index (χ0n) is 14.9. The van der Waals surface area contributed by atoms with Crippen molar-refractivity contribution in [3.63, 3.8) is 0 Å². The van der Waals surface area contributed by atoms with E-state index in [1.54, 1.807) is 6.92 Å². The third-order valence-electron chi connectivity index (χ3n) is 4.70. The zero-order valence-corrected chi connectivity index (χ0v) is 15.8. The minimum atomic E-state index is -0.832. The van der Waals surface area contributed by atoms with Crippen molar-refractivity contribution in [2.24, 2.45) is 5.73 Å². The van der Waals surface area contributed by atoms with E-state index in [0.717, 1.165) is 30.5 Å². The highest BCUT2D eigenvalue weighted by atomic mass is 32.2. The van der Waals surface area contributed by atoms with Crippen LogP contribution in [0.5, 0.6) is 0 Å². The molecular weight excluding hydrogens is 338 g/mol. The topological polar surface area (TPSA) is 83.7 Å². The smallest absolute Gasteiger partial charge is 0.238 e. The second-order valence-corrected chi connectivity index (χ2v) is 7.65. The molecule has 1 heterocycles. The van der Waals surface area contributed by atoms with Crippen molar-refractivity contribution in [2.75, 3.05) is 36.8 Å². The Kier molecular flexibility index (Phi) is 6.24. The molecule has 1 aliphatic heterocycles. The molecule has 0 saturated carbocycles. The number of piperazine rings is 1. The average Bonchev–Trinajstić information content (AvgIpc) is 2.59. The first kappa shape index (κ1) is 19.5. The van der Waals surface area contributed by atoms with Gasteiger partial charge in [0.2, 0.25) is 5.91 Å². The van der Waals surface area contributed by atoms with E-state index in [4.69, 9.17) is 5.73 Å². The fourth-order valence-electron chi connectivity index (χ4n) is 2.93. The van der Waals surface area contributed by atoms with Gasteiger partial charge < -0.3 is 10.6 Å². The van der Waals surface area contributed by atoms with Crippen molar-refractivity contribution in [2.45, 2.75) is 26.3 Å². The van der Waals surface area contributed by atoms with Crippen molar-refractivity contribution < 1.29 is 14.4 Å². The molecule has 1 saturated heterocycles. The SMILES string of the molecule is CC(=O)SCC(C)(C(N)=O)N1CCN(c2ccc(C(C)=O)cc2)CC1. The molecule has 1 aromatic rings. The summed E-state index contributed by atoms with van der Waals surface area (Å²) in [6.07, 6.45) is 0. The maximum Gasteiger partial charge on any atom is 0.238 e. The molecule has 2 N–H and O–H groups in total. The van der Waals surface area contributed by atoms with Gasteiger partial charge in [-0.25, -0.2) is 0 Å². The number of thioether (sulfide) groups is 1. The van der Waals surface area contributed by atoms with E-state index in [1.165, 1.54) is 6.92 Å². The van der Waals surface area contributed by atoms with Crippen LogP contribution in [0.4, 0.5) is 5.69 Å². The minimum absolute atomic E-state index is 0.0170. The quantitative estimate of drug-likeness (QED) is 0.772. The Morgan fingerprint density at radius 1 is 1.08 bits per heavy atom. The standard InChI is InChI=1S/C18H25N3O3S/c1-13(22)15-4-6-16(7-5-15)20-8-10-21(11-9-20)18(3,17(19)24)12-25-14(2)23/h4-7H,8-12H2,1-3H3,(H2,19,24). The number of Topliss-reactive ketones (excluding diaryl/α,β-unsaturated/α-hetero) is 1. The lowest BCUT2D eigenvalue weighted by Gasteiger charge is -2.44. The Hall–Kier alpha value is -1.86. The van der Waals surface area contributed by atoms with Gasteiger partial charge in [-0.05, 0) is 38.1 Å². The first-order chi connectivity index (χ1) is 11.7. The summed E-state index contributed by atoms with van der Waals surface area (Å²) >= 11 is 1.13. The first-order valence-corrected chi connectivity index (χ1v) is 9.27. The molecule has 1 aromatic carbocycles. The number of benzene rings is 1. The van der Waals surface area contributed by atoms with E-state index in [1.807, 2.05) is 31.2 Å². The Labute approximate surface area is 152 Å². The van der Waals surface area contributed by atoms with E-state index in [9.17, 15) is 14.4 Å². The van der Waals surface area contributed by atoms with Gasteiger partial charge in [0, 0.05) is 50.1 Å². The number of primary amides is 1. The van der Waals surface area contributed by atoms with E-state index >= 15 is 0 Å². The molecule has 1 atom stereocenters. The van der Waals surface area contributed by atoms with Gasteiger partial charge in [0.25, 0.3) is 0 Å². The minimum Gasteiger partial charge on any atom is -0.369 e. The van der Waals surface area contributed by atoms with Gasteiger partial charge in [-0.2, -0.15) is 0 Å². The number of rotatable bonds is 6. The number of carbonyl (C=O) groups excluding carboxylic acids is 3. The Bertz CT molecular complexity index is 654. The molecule has 1 aliphatic rings. The van der Waals surface area contributed by atoms with Crippen LogP contribution in [0.3, 0.4) is 0 Å². The van der Waals surface area contributed by atoms with Crippen molar-refractivity contribution in [3.8, 4) is 0 Å². The molecule has 1 fully saturated rings. The molecule has 1 amide bonds. The second-order valence-electron chi connectivity index (χ2n) is 6.50. The van der Waals surface area contributed by atoms with Crippen LogP contribution in [-0.2, 0) is 9.59 Å². The predicted octanol–water partition coefficient (Wildman–Crippen LogP) is 1.53. The number of nitrogens with zero attached hydrogens (tertiary/aromatic N) is 2. The van der Waals surface area contributed by atoms with Gasteiger partial charge in [-0.3, -0.25) is 19.3 Å². The highest BCUT2D eigenvalue weighted by Gasteiger charge is 2.39. The van der Waals surface area contributed by atoms with Gasteiger partial charge >= 0.3 is 0 Å². The largest absolute Gasteiger partial charge is 0.369 e. The third-order valence-corrected chi connectivity index (χ3v) is 5.82. The van der Waals surface area contributed by atoms with E-state index < -0.39 is 11.4 Å². The summed E-state index contributed by atoms with van der Waals surface area (Å²) in [4.78, 5) is 38.9. The molecule has 6 nitrogen and oxygen atoms in total. The molecule has 0 spiro atoms. The van der Waals surface area contributed by atoms with E-state index in [2.05, 4.69) is 9.80 Å². The Balaban J connectivity index is 2.02. The van der Waals surface area contributed by atoms with Crippen LogP contribution in [0.2, 0.25) is 0 Å². The molecule has 0 bridgehead atoms. The lowest BCUT2D eigenvalue weighted by atomic mass is 10.0. The van der Waals surface area contributed by atoms with Gasteiger partial charge in [-0.1, -0.05) is 11.8 Å². The summed E-state index contributed by atoms with van der Waals surface area (Å²) in [7, 11) is 0. The summed E-state index contributed by atoms with van der Waals surface area (Å²) in [6.45, 7) is 7.74. The monoisotopic (exact) mass is 363 g/mol. The fourth-order valence-corrected chi connectivity index (χ4v) is 3.73.